The van der Waals surface area contributed by atoms with Crippen molar-refractivity contribution in [1.29, 1.82) is 0 Å². The monoisotopic (exact) mass is 256 g/mol. The van der Waals surface area contributed by atoms with Crippen molar-refractivity contribution in [3.05, 3.63) is 0 Å². The van der Waals surface area contributed by atoms with E-state index in [0.29, 0.717) is 6.42 Å². The minimum atomic E-state index is -1.13. The van der Waals surface area contributed by atoms with E-state index < -0.39 is 11.6 Å². The van der Waals surface area contributed by atoms with E-state index in [1.54, 1.807) is 6.92 Å². The largest absolute Gasteiger partial charge is 0.481 e. The van der Waals surface area contributed by atoms with Gasteiger partial charge in [-0.05, 0) is 6.42 Å². The molecule has 4 nitrogen and oxygen atoms in total. The lowest BCUT2D eigenvalue weighted by Gasteiger charge is -2.26. The molecule has 0 aliphatic carbocycles. The van der Waals surface area contributed by atoms with E-state index in [0.717, 1.165) is 6.42 Å². The predicted octanol–water partition coefficient (Wildman–Crippen LogP) is 0.829. The van der Waals surface area contributed by atoms with Crippen LogP contribution in [0.2, 0.25) is 0 Å². The summed E-state index contributed by atoms with van der Waals surface area (Å²) in [7, 11) is 0. The third-order valence-electron chi connectivity index (χ3n) is 1.79. The molecule has 0 heterocycles. The summed E-state index contributed by atoms with van der Waals surface area (Å²) >= 11 is 7.84. The van der Waals surface area contributed by atoms with Crippen LogP contribution < -0.4 is 0 Å². The molecule has 0 saturated heterocycles. The molecule has 0 saturated carbocycles. The molecule has 0 radical (unpaired) electrons. The van der Waals surface area contributed by atoms with Crippen molar-refractivity contribution < 1.29 is 20.1 Å². The standard InChI is InChI=1S/C5H12O2S2.C4H8O2/c1-4(9)5(7,2-6)3-8;1-2-3-4(5)6/h4,6-9H,2-3H2,1H3;2-3H2,1H3,(H,5,6). The molecule has 0 aliphatic rings. The zero-order chi connectivity index (χ0) is 12.5. The van der Waals surface area contributed by atoms with Gasteiger partial charge in [0.1, 0.15) is 5.60 Å². The molecule has 0 amide bonds. The number of aliphatic hydroxyl groups excluding tert-OH is 1. The molecule has 0 rings (SSSR count). The van der Waals surface area contributed by atoms with Crippen LogP contribution in [0, 0.1) is 0 Å². The van der Waals surface area contributed by atoms with Gasteiger partial charge in [-0.1, -0.05) is 13.8 Å². The van der Waals surface area contributed by atoms with E-state index in [1.165, 1.54) is 0 Å². The van der Waals surface area contributed by atoms with Gasteiger partial charge in [-0.2, -0.15) is 25.3 Å². The van der Waals surface area contributed by atoms with Gasteiger partial charge in [-0.3, -0.25) is 4.79 Å². The smallest absolute Gasteiger partial charge is 0.303 e. The van der Waals surface area contributed by atoms with Gasteiger partial charge in [0, 0.05) is 17.4 Å². The van der Waals surface area contributed by atoms with E-state index in [1.807, 2.05) is 6.92 Å². The topological polar surface area (TPSA) is 77.8 Å². The number of hydrogen-bond acceptors (Lipinski definition) is 5. The van der Waals surface area contributed by atoms with Crippen LogP contribution in [0.5, 0.6) is 0 Å². The van der Waals surface area contributed by atoms with E-state index in [9.17, 15) is 9.90 Å². The Balaban J connectivity index is 0. The Bertz CT molecular complexity index is 169. The second-order valence-corrected chi connectivity index (χ2v) is 4.33. The van der Waals surface area contributed by atoms with Crippen LogP contribution in [0.15, 0.2) is 0 Å². The Morgan fingerprint density at radius 1 is 1.53 bits per heavy atom. The van der Waals surface area contributed by atoms with E-state index >= 15 is 0 Å². The van der Waals surface area contributed by atoms with Crippen LogP contribution in [0.4, 0.5) is 0 Å². The molecule has 0 aromatic heterocycles. The minimum absolute atomic E-state index is 0.230. The highest BCUT2D eigenvalue weighted by atomic mass is 32.1. The van der Waals surface area contributed by atoms with Crippen molar-refractivity contribution in [3.63, 3.8) is 0 Å². The molecule has 2 unspecified atom stereocenters. The van der Waals surface area contributed by atoms with Gasteiger partial charge in [0.25, 0.3) is 0 Å². The van der Waals surface area contributed by atoms with Crippen molar-refractivity contribution in [1.82, 2.24) is 0 Å². The van der Waals surface area contributed by atoms with Crippen LogP contribution in [0.3, 0.4) is 0 Å². The average Bonchev–Trinajstić information content (AvgIpc) is 2.17. The Morgan fingerprint density at radius 2 is 2.00 bits per heavy atom. The van der Waals surface area contributed by atoms with Crippen molar-refractivity contribution in [3.8, 4) is 0 Å². The second-order valence-electron chi connectivity index (χ2n) is 3.24. The summed E-state index contributed by atoms with van der Waals surface area (Å²) in [5.74, 6) is -0.480. The van der Waals surface area contributed by atoms with Gasteiger partial charge < -0.3 is 15.3 Å². The minimum Gasteiger partial charge on any atom is -0.481 e. The lowest BCUT2D eigenvalue weighted by Crippen LogP contribution is -2.43. The molecule has 0 bridgehead atoms. The summed E-state index contributed by atoms with van der Waals surface area (Å²) in [5, 5.41) is 25.6. The highest BCUT2D eigenvalue weighted by molar-refractivity contribution is 7.81. The zero-order valence-corrected chi connectivity index (χ0v) is 10.8. The van der Waals surface area contributed by atoms with Crippen molar-refractivity contribution in [2.45, 2.75) is 37.5 Å². The van der Waals surface area contributed by atoms with Gasteiger partial charge in [-0.25, -0.2) is 0 Å². The van der Waals surface area contributed by atoms with Gasteiger partial charge >= 0.3 is 5.97 Å². The van der Waals surface area contributed by atoms with E-state index in [4.69, 9.17) is 10.2 Å². The molecule has 15 heavy (non-hydrogen) atoms. The molecule has 0 aliphatic heterocycles. The number of aliphatic carboxylic acids is 1. The van der Waals surface area contributed by atoms with Crippen LogP contribution in [0.1, 0.15) is 26.7 Å². The first-order chi connectivity index (χ1) is 6.83. The van der Waals surface area contributed by atoms with E-state index in [-0.39, 0.29) is 17.6 Å². The predicted molar refractivity (Wildman–Crippen MR) is 66.9 cm³/mol. The molecular weight excluding hydrogens is 236 g/mol. The first-order valence-corrected chi connectivity index (χ1v) is 5.82. The fourth-order valence-electron chi connectivity index (χ4n) is 0.528. The van der Waals surface area contributed by atoms with Crippen LogP contribution in [-0.4, -0.2) is 44.5 Å². The maximum atomic E-state index is 9.60. The number of carbonyl (C=O) groups is 1. The Morgan fingerprint density at radius 3 is 2.00 bits per heavy atom. The average molecular weight is 256 g/mol. The molecule has 2 atom stereocenters. The third kappa shape index (κ3) is 9.04. The number of carboxylic acids is 1. The Labute approximate surface area is 102 Å². The molecule has 6 heteroatoms. The molecule has 0 fully saturated rings. The maximum Gasteiger partial charge on any atom is 0.303 e. The normalized spacial score (nSPS) is 15.9. The number of aliphatic hydroxyl groups is 2. The highest BCUT2D eigenvalue weighted by Gasteiger charge is 2.28. The first kappa shape index (κ1) is 17.5. The Hall–Kier alpha value is 0.0900. The maximum absolute atomic E-state index is 9.60. The molecule has 0 aromatic rings. The van der Waals surface area contributed by atoms with Crippen molar-refractivity contribution in [2.75, 3.05) is 12.4 Å². The molecular formula is C9H20O4S2. The fraction of sp³-hybridized carbons (Fsp3) is 0.889. The van der Waals surface area contributed by atoms with E-state index in [2.05, 4.69) is 25.3 Å². The molecule has 3 N–H and O–H groups in total. The summed E-state index contributed by atoms with van der Waals surface area (Å²) in [6.07, 6.45) is 1.02. The summed E-state index contributed by atoms with van der Waals surface area (Å²) in [6.45, 7) is 3.27. The SMILES string of the molecule is CC(S)C(O)(CO)CS.CCCC(=O)O. The van der Waals surface area contributed by atoms with Crippen LogP contribution in [-0.2, 0) is 4.79 Å². The lowest BCUT2D eigenvalue weighted by atomic mass is 10.1. The summed E-state index contributed by atoms with van der Waals surface area (Å²) in [6, 6.07) is 0. The Kier molecular flexibility index (Phi) is 10.9. The fourth-order valence-corrected chi connectivity index (χ4v) is 1.22. The number of carboxylic acid groups (broad SMARTS) is 1. The number of thiol groups is 2. The molecule has 0 spiro atoms. The number of hydrogen-bond donors (Lipinski definition) is 5. The van der Waals surface area contributed by atoms with Gasteiger partial charge in [0.15, 0.2) is 0 Å². The van der Waals surface area contributed by atoms with Crippen molar-refractivity contribution in [2.24, 2.45) is 0 Å². The second kappa shape index (κ2) is 9.33. The first-order valence-electron chi connectivity index (χ1n) is 4.68. The zero-order valence-electron chi connectivity index (χ0n) is 9.05. The quantitative estimate of drug-likeness (QED) is 0.472. The summed E-state index contributed by atoms with van der Waals surface area (Å²) in [5.41, 5.74) is -1.13. The highest BCUT2D eigenvalue weighted by Crippen LogP contribution is 2.16. The lowest BCUT2D eigenvalue weighted by molar-refractivity contribution is -0.137. The van der Waals surface area contributed by atoms with Gasteiger partial charge in [-0.15, -0.1) is 0 Å². The molecule has 92 valence electrons. The summed E-state index contributed by atoms with van der Waals surface area (Å²) < 4.78 is 0. The number of rotatable bonds is 5. The van der Waals surface area contributed by atoms with Gasteiger partial charge in [0.2, 0.25) is 0 Å². The van der Waals surface area contributed by atoms with Gasteiger partial charge in [0.05, 0.1) is 6.61 Å². The van der Waals surface area contributed by atoms with Crippen LogP contribution in [0.25, 0.3) is 0 Å². The summed E-state index contributed by atoms with van der Waals surface area (Å²) in [4.78, 5) is 9.60. The van der Waals surface area contributed by atoms with Crippen LogP contribution >= 0.6 is 25.3 Å². The molecule has 0 aromatic carbocycles. The van der Waals surface area contributed by atoms with Crippen molar-refractivity contribution >= 4 is 31.2 Å². The third-order valence-corrected chi connectivity index (χ3v) is 2.82.